The molecule has 0 aliphatic heterocycles. The average Bonchev–Trinajstić information content (AvgIpc) is 2.46. The number of benzene rings is 2. The highest BCUT2D eigenvalue weighted by atomic mass is 35.5. The van der Waals surface area contributed by atoms with Crippen LogP contribution in [0.4, 0.5) is 0 Å². The fraction of sp³-hybridized carbons (Fsp3) is 0.200. The van der Waals surface area contributed by atoms with Crippen molar-refractivity contribution in [3.05, 3.63) is 64.7 Å². The lowest BCUT2D eigenvalue weighted by molar-refractivity contribution is 0.00405. The molecule has 2 rings (SSSR count). The van der Waals surface area contributed by atoms with Gasteiger partial charge in [0, 0.05) is 5.56 Å². The van der Waals surface area contributed by atoms with E-state index < -0.39 is 0 Å². The fourth-order valence-electron chi connectivity index (χ4n) is 1.67. The Hall–Kier alpha value is -1.55. The van der Waals surface area contributed by atoms with Gasteiger partial charge in [0.05, 0.1) is 18.2 Å². The van der Waals surface area contributed by atoms with Crippen molar-refractivity contribution in [2.75, 3.05) is 6.79 Å². The molecule has 0 fully saturated rings. The molecule has 0 atom stereocenters. The molecular formula is C15H15ClO3. The van der Waals surface area contributed by atoms with Crippen LogP contribution in [0, 0.1) is 0 Å². The SMILES string of the molecule is OCc1cccc(Cl)c1OCOCc1ccccc1. The first kappa shape index (κ1) is 13.9. The Bertz CT molecular complexity index is 514. The molecule has 1 N–H and O–H groups in total. The molecule has 0 bridgehead atoms. The number of hydrogen-bond donors (Lipinski definition) is 1. The van der Waals surface area contributed by atoms with Crippen LogP contribution in [0.15, 0.2) is 48.5 Å². The van der Waals surface area contributed by atoms with Gasteiger partial charge in [-0.1, -0.05) is 54.1 Å². The quantitative estimate of drug-likeness (QED) is 0.650. The molecule has 100 valence electrons. The van der Waals surface area contributed by atoms with E-state index in [1.54, 1.807) is 18.2 Å². The van der Waals surface area contributed by atoms with E-state index in [9.17, 15) is 5.11 Å². The minimum atomic E-state index is -0.116. The zero-order chi connectivity index (χ0) is 13.5. The molecule has 0 aromatic heterocycles. The first-order valence-electron chi connectivity index (χ1n) is 5.94. The van der Waals surface area contributed by atoms with Crippen molar-refractivity contribution in [2.45, 2.75) is 13.2 Å². The highest BCUT2D eigenvalue weighted by Crippen LogP contribution is 2.28. The monoisotopic (exact) mass is 278 g/mol. The molecule has 0 spiro atoms. The lowest BCUT2D eigenvalue weighted by Gasteiger charge is -2.12. The summed E-state index contributed by atoms with van der Waals surface area (Å²) in [7, 11) is 0. The summed E-state index contributed by atoms with van der Waals surface area (Å²) in [4.78, 5) is 0. The highest BCUT2D eigenvalue weighted by Gasteiger charge is 2.07. The van der Waals surface area contributed by atoms with Gasteiger partial charge in [0.15, 0.2) is 6.79 Å². The lowest BCUT2D eigenvalue weighted by Crippen LogP contribution is -2.05. The summed E-state index contributed by atoms with van der Waals surface area (Å²) in [6, 6.07) is 15.1. The maximum Gasteiger partial charge on any atom is 0.189 e. The van der Waals surface area contributed by atoms with Crippen molar-refractivity contribution in [1.82, 2.24) is 0 Å². The molecule has 0 radical (unpaired) electrons. The van der Waals surface area contributed by atoms with Crippen molar-refractivity contribution in [2.24, 2.45) is 0 Å². The Morgan fingerprint density at radius 3 is 2.53 bits per heavy atom. The minimum absolute atomic E-state index is 0.0889. The Labute approximate surface area is 117 Å². The third-order valence-corrected chi connectivity index (χ3v) is 2.91. The molecule has 0 heterocycles. The van der Waals surface area contributed by atoms with Crippen LogP contribution in [-0.4, -0.2) is 11.9 Å². The molecule has 19 heavy (non-hydrogen) atoms. The normalized spacial score (nSPS) is 10.4. The summed E-state index contributed by atoms with van der Waals surface area (Å²) in [5, 5.41) is 9.67. The van der Waals surface area contributed by atoms with Crippen LogP contribution in [0.5, 0.6) is 5.75 Å². The van der Waals surface area contributed by atoms with Crippen molar-refractivity contribution in [3.63, 3.8) is 0 Å². The van der Waals surface area contributed by atoms with Gasteiger partial charge < -0.3 is 14.6 Å². The number of ether oxygens (including phenoxy) is 2. The molecule has 0 saturated heterocycles. The van der Waals surface area contributed by atoms with E-state index in [1.807, 2.05) is 30.3 Å². The number of para-hydroxylation sites is 1. The minimum Gasteiger partial charge on any atom is -0.466 e. The lowest BCUT2D eigenvalue weighted by atomic mass is 10.2. The predicted molar refractivity (Wildman–Crippen MR) is 74.1 cm³/mol. The summed E-state index contributed by atoms with van der Waals surface area (Å²) in [6.07, 6.45) is 0. The van der Waals surface area contributed by atoms with Gasteiger partial charge in [-0.15, -0.1) is 0 Å². The standard InChI is InChI=1S/C15H15ClO3/c16-14-8-4-7-13(9-17)15(14)19-11-18-10-12-5-2-1-3-6-12/h1-8,17H,9-11H2. The number of halogens is 1. The zero-order valence-corrected chi connectivity index (χ0v) is 11.1. The highest BCUT2D eigenvalue weighted by molar-refractivity contribution is 6.32. The topological polar surface area (TPSA) is 38.7 Å². The molecule has 3 nitrogen and oxygen atoms in total. The second-order valence-corrected chi connectivity index (χ2v) is 4.39. The van der Waals surface area contributed by atoms with E-state index >= 15 is 0 Å². The van der Waals surface area contributed by atoms with Gasteiger partial charge in [-0.2, -0.15) is 0 Å². The maximum absolute atomic E-state index is 9.20. The Morgan fingerprint density at radius 2 is 1.79 bits per heavy atom. The van der Waals surface area contributed by atoms with Crippen LogP contribution in [0.3, 0.4) is 0 Å². The van der Waals surface area contributed by atoms with Crippen LogP contribution in [-0.2, 0) is 18.0 Å². The molecule has 4 heteroatoms. The summed E-state index contributed by atoms with van der Waals surface area (Å²) in [5.41, 5.74) is 1.73. The largest absolute Gasteiger partial charge is 0.466 e. The second-order valence-electron chi connectivity index (χ2n) is 3.98. The first-order chi connectivity index (χ1) is 9.31. The number of aliphatic hydroxyl groups is 1. The molecule has 2 aromatic rings. The molecule has 0 aliphatic rings. The third-order valence-electron chi connectivity index (χ3n) is 2.62. The van der Waals surface area contributed by atoms with E-state index in [2.05, 4.69) is 0 Å². The van der Waals surface area contributed by atoms with Crippen LogP contribution < -0.4 is 4.74 Å². The smallest absolute Gasteiger partial charge is 0.189 e. The zero-order valence-electron chi connectivity index (χ0n) is 10.4. The molecular weight excluding hydrogens is 264 g/mol. The average molecular weight is 279 g/mol. The Kier molecular flexibility index (Phi) is 5.21. The van der Waals surface area contributed by atoms with Gasteiger partial charge in [0.2, 0.25) is 0 Å². The molecule has 0 unspecified atom stereocenters. The van der Waals surface area contributed by atoms with Crippen molar-refractivity contribution < 1.29 is 14.6 Å². The fourth-order valence-corrected chi connectivity index (χ4v) is 1.92. The van der Waals surface area contributed by atoms with Crippen molar-refractivity contribution in [3.8, 4) is 5.75 Å². The molecule has 2 aromatic carbocycles. The van der Waals surface area contributed by atoms with E-state index in [-0.39, 0.29) is 13.4 Å². The molecule has 0 amide bonds. The third kappa shape index (κ3) is 3.96. The Balaban J connectivity index is 1.86. The van der Waals surface area contributed by atoms with E-state index in [1.165, 1.54) is 0 Å². The van der Waals surface area contributed by atoms with Crippen LogP contribution in [0.25, 0.3) is 0 Å². The van der Waals surface area contributed by atoms with Gasteiger partial charge in [0.25, 0.3) is 0 Å². The van der Waals surface area contributed by atoms with Gasteiger partial charge >= 0.3 is 0 Å². The molecule has 0 saturated carbocycles. The summed E-state index contributed by atoms with van der Waals surface area (Å²) in [6.45, 7) is 0.444. The number of aliphatic hydroxyl groups excluding tert-OH is 1. The number of rotatable bonds is 6. The maximum atomic E-state index is 9.20. The van der Waals surface area contributed by atoms with E-state index in [0.717, 1.165) is 5.56 Å². The van der Waals surface area contributed by atoms with Crippen molar-refractivity contribution >= 4 is 11.6 Å². The summed E-state index contributed by atoms with van der Waals surface area (Å²) < 4.78 is 10.9. The van der Waals surface area contributed by atoms with Crippen LogP contribution in [0.2, 0.25) is 5.02 Å². The summed E-state index contributed by atoms with van der Waals surface area (Å²) >= 11 is 6.01. The Morgan fingerprint density at radius 1 is 1.00 bits per heavy atom. The van der Waals surface area contributed by atoms with Gasteiger partial charge in [0.1, 0.15) is 5.75 Å². The first-order valence-corrected chi connectivity index (χ1v) is 6.32. The van der Waals surface area contributed by atoms with Crippen molar-refractivity contribution in [1.29, 1.82) is 0 Å². The summed E-state index contributed by atoms with van der Waals surface area (Å²) in [5.74, 6) is 0.472. The van der Waals surface area contributed by atoms with E-state index in [0.29, 0.717) is 22.9 Å². The molecule has 0 aliphatic carbocycles. The van der Waals surface area contributed by atoms with Gasteiger partial charge in [-0.3, -0.25) is 0 Å². The predicted octanol–water partition coefficient (Wildman–Crippen LogP) is 3.39. The van der Waals surface area contributed by atoms with Gasteiger partial charge in [-0.25, -0.2) is 0 Å². The second kappa shape index (κ2) is 7.14. The van der Waals surface area contributed by atoms with E-state index in [4.69, 9.17) is 21.1 Å². The van der Waals surface area contributed by atoms with Gasteiger partial charge in [-0.05, 0) is 11.6 Å². The van der Waals surface area contributed by atoms with Crippen LogP contribution in [0.1, 0.15) is 11.1 Å². The number of hydrogen-bond acceptors (Lipinski definition) is 3. The van der Waals surface area contributed by atoms with Crippen LogP contribution >= 0.6 is 11.6 Å².